The lowest BCUT2D eigenvalue weighted by Gasteiger charge is -2.06. The van der Waals surface area contributed by atoms with Crippen LogP contribution in [0.1, 0.15) is 5.56 Å². The van der Waals surface area contributed by atoms with Crippen LogP contribution < -0.4 is 0 Å². The fourth-order valence-corrected chi connectivity index (χ4v) is 3.58. The minimum atomic E-state index is 0.949. The van der Waals surface area contributed by atoms with Gasteiger partial charge >= 0.3 is 0 Å². The Bertz CT molecular complexity index is 1210. The lowest BCUT2D eigenvalue weighted by molar-refractivity contribution is 0.666. The minimum Gasteiger partial charge on any atom is -0.456 e. The van der Waals surface area contributed by atoms with Crippen molar-refractivity contribution in [2.75, 3.05) is 0 Å². The molecule has 0 amide bonds. The third-order valence-electron chi connectivity index (χ3n) is 4.80. The molecule has 0 fully saturated rings. The highest BCUT2D eigenvalue weighted by Crippen LogP contribution is 2.35. The van der Waals surface area contributed by atoms with E-state index in [2.05, 4.69) is 85.8 Å². The molecule has 0 aliphatic rings. The molecule has 4 aromatic carbocycles. The lowest BCUT2D eigenvalue weighted by atomic mass is 9.97. The quantitative estimate of drug-likeness (QED) is 0.335. The zero-order valence-corrected chi connectivity index (χ0v) is 13.4. The van der Waals surface area contributed by atoms with Crippen molar-refractivity contribution in [1.29, 1.82) is 0 Å². The molecule has 0 aliphatic carbocycles. The first-order chi connectivity index (χ1) is 11.8. The van der Waals surface area contributed by atoms with E-state index in [-0.39, 0.29) is 0 Å². The van der Waals surface area contributed by atoms with Crippen LogP contribution in [0.25, 0.3) is 43.8 Å². The Morgan fingerprint density at radius 2 is 1.46 bits per heavy atom. The van der Waals surface area contributed by atoms with Crippen LogP contribution in [0.2, 0.25) is 0 Å². The van der Waals surface area contributed by atoms with Crippen LogP contribution in [-0.2, 0) is 0 Å². The van der Waals surface area contributed by atoms with Crippen molar-refractivity contribution in [3.05, 3.63) is 84.4 Å². The standard InChI is InChI=1S/C23H16O/c1-15-6-4-11-21-20-13-12-17(14-22(20)24-23(15)21)19-10-5-8-16-7-2-3-9-18(16)19/h2-14H,1H3. The summed E-state index contributed by atoms with van der Waals surface area (Å²) >= 11 is 0. The molecule has 5 rings (SSSR count). The maximum atomic E-state index is 6.16. The summed E-state index contributed by atoms with van der Waals surface area (Å²) in [5.74, 6) is 0. The Kier molecular flexibility index (Phi) is 2.77. The first kappa shape index (κ1) is 13.4. The number of hydrogen-bond acceptors (Lipinski definition) is 1. The van der Waals surface area contributed by atoms with Crippen LogP contribution >= 0.6 is 0 Å². The van der Waals surface area contributed by atoms with E-state index in [1.54, 1.807) is 0 Å². The van der Waals surface area contributed by atoms with E-state index in [0.29, 0.717) is 0 Å². The summed E-state index contributed by atoms with van der Waals surface area (Å²) in [6.07, 6.45) is 0. The molecular weight excluding hydrogens is 292 g/mol. The molecule has 0 atom stereocenters. The summed E-state index contributed by atoms with van der Waals surface area (Å²) in [6.45, 7) is 2.09. The van der Waals surface area contributed by atoms with Gasteiger partial charge in [-0.2, -0.15) is 0 Å². The Morgan fingerprint density at radius 1 is 0.667 bits per heavy atom. The third-order valence-corrected chi connectivity index (χ3v) is 4.80. The van der Waals surface area contributed by atoms with Crippen LogP contribution in [0.3, 0.4) is 0 Å². The summed E-state index contributed by atoms with van der Waals surface area (Å²) in [5, 5.41) is 4.90. The molecule has 0 aliphatic heterocycles. The number of furan rings is 1. The summed E-state index contributed by atoms with van der Waals surface area (Å²) in [7, 11) is 0. The van der Waals surface area contributed by atoms with Crippen molar-refractivity contribution in [1.82, 2.24) is 0 Å². The molecule has 114 valence electrons. The van der Waals surface area contributed by atoms with E-state index in [4.69, 9.17) is 4.42 Å². The van der Waals surface area contributed by atoms with E-state index in [9.17, 15) is 0 Å². The molecule has 0 N–H and O–H groups in total. The zero-order chi connectivity index (χ0) is 16.1. The molecule has 0 spiro atoms. The van der Waals surface area contributed by atoms with Gasteiger partial charge in [0, 0.05) is 10.8 Å². The first-order valence-electron chi connectivity index (χ1n) is 8.21. The Balaban J connectivity index is 1.81. The average molecular weight is 308 g/mol. The molecule has 24 heavy (non-hydrogen) atoms. The van der Waals surface area contributed by atoms with E-state index in [0.717, 1.165) is 11.2 Å². The van der Waals surface area contributed by atoms with E-state index < -0.39 is 0 Å². The second-order valence-corrected chi connectivity index (χ2v) is 6.29. The van der Waals surface area contributed by atoms with Crippen molar-refractivity contribution >= 4 is 32.7 Å². The maximum absolute atomic E-state index is 6.16. The highest BCUT2D eigenvalue weighted by Gasteiger charge is 2.10. The molecule has 0 radical (unpaired) electrons. The van der Waals surface area contributed by atoms with Crippen LogP contribution in [0.4, 0.5) is 0 Å². The predicted octanol–water partition coefficient (Wildman–Crippen LogP) is 6.71. The van der Waals surface area contributed by atoms with Crippen LogP contribution in [0.15, 0.2) is 83.3 Å². The SMILES string of the molecule is Cc1cccc2c1oc1cc(-c3cccc4ccccc34)ccc12. The number of rotatable bonds is 1. The van der Waals surface area contributed by atoms with Gasteiger partial charge in [-0.25, -0.2) is 0 Å². The normalized spacial score (nSPS) is 11.5. The van der Waals surface area contributed by atoms with E-state index in [1.807, 2.05) is 0 Å². The van der Waals surface area contributed by atoms with E-state index >= 15 is 0 Å². The van der Waals surface area contributed by atoms with Crippen molar-refractivity contribution in [2.24, 2.45) is 0 Å². The van der Waals surface area contributed by atoms with Crippen molar-refractivity contribution in [2.45, 2.75) is 6.92 Å². The molecule has 0 saturated carbocycles. The highest BCUT2D eigenvalue weighted by molar-refractivity contribution is 6.07. The number of hydrogen-bond donors (Lipinski definition) is 0. The highest BCUT2D eigenvalue weighted by atomic mass is 16.3. The van der Waals surface area contributed by atoms with Gasteiger partial charge in [0.05, 0.1) is 0 Å². The van der Waals surface area contributed by atoms with Gasteiger partial charge in [0.2, 0.25) is 0 Å². The van der Waals surface area contributed by atoms with Crippen LogP contribution in [0, 0.1) is 6.92 Å². The van der Waals surface area contributed by atoms with Gasteiger partial charge in [-0.1, -0.05) is 66.7 Å². The fraction of sp³-hybridized carbons (Fsp3) is 0.0435. The first-order valence-corrected chi connectivity index (χ1v) is 8.21. The summed E-state index contributed by atoms with van der Waals surface area (Å²) < 4.78 is 6.16. The largest absolute Gasteiger partial charge is 0.456 e. The molecule has 1 heteroatoms. The lowest BCUT2D eigenvalue weighted by Crippen LogP contribution is -1.81. The zero-order valence-electron chi connectivity index (χ0n) is 13.4. The molecule has 0 saturated heterocycles. The third kappa shape index (κ3) is 1.88. The maximum Gasteiger partial charge on any atom is 0.138 e. The molecule has 1 nitrogen and oxygen atoms in total. The van der Waals surface area contributed by atoms with Crippen molar-refractivity contribution in [3.8, 4) is 11.1 Å². The van der Waals surface area contributed by atoms with Crippen molar-refractivity contribution in [3.63, 3.8) is 0 Å². The van der Waals surface area contributed by atoms with Gasteiger partial charge in [0.15, 0.2) is 0 Å². The van der Waals surface area contributed by atoms with Gasteiger partial charge < -0.3 is 4.42 Å². The summed E-state index contributed by atoms with van der Waals surface area (Å²) in [6, 6.07) is 27.8. The molecule has 1 aromatic heterocycles. The van der Waals surface area contributed by atoms with Crippen LogP contribution in [0.5, 0.6) is 0 Å². The molecule has 0 unspecified atom stereocenters. The van der Waals surface area contributed by atoms with Gasteiger partial charge in [-0.15, -0.1) is 0 Å². The Hall–Kier alpha value is -3.06. The summed E-state index contributed by atoms with van der Waals surface area (Å²) in [5.41, 5.74) is 5.55. The fourth-order valence-electron chi connectivity index (χ4n) is 3.58. The van der Waals surface area contributed by atoms with E-state index in [1.165, 1.54) is 38.2 Å². The van der Waals surface area contributed by atoms with Crippen molar-refractivity contribution < 1.29 is 4.42 Å². The number of benzene rings is 4. The Morgan fingerprint density at radius 3 is 2.42 bits per heavy atom. The molecule has 1 heterocycles. The smallest absolute Gasteiger partial charge is 0.138 e. The molecular formula is C23H16O. The monoisotopic (exact) mass is 308 g/mol. The van der Waals surface area contributed by atoms with Gasteiger partial charge in [0.1, 0.15) is 11.2 Å². The van der Waals surface area contributed by atoms with Gasteiger partial charge in [-0.05, 0) is 46.5 Å². The topological polar surface area (TPSA) is 13.1 Å². The predicted molar refractivity (Wildman–Crippen MR) is 101 cm³/mol. The average Bonchev–Trinajstić information content (AvgIpc) is 3.00. The van der Waals surface area contributed by atoms with Gasteiger partial charge in [0.25, 0.3) is 0 Å². The number of fused-ring (bicyclic) bond motifs is 4. The number of para-hydroxylation sites is 1. The molecule has 5 aromatic rings. The Labute approximate surface area is 140 Å². The number of aryl methyl sites for hydroxylation is 1. The van der Waals surface area contributed by atoms with Crippen LogP contribution in [-0.4, -0.2) is 0 Å². The summed E-state index contributed by atoms with van der Waals surface area (Å²) in [4.78, 5) is 0. The molecule has 0 bridgehead atoms. The second kappa shape index (κ2) is 4.97. The van der Waals surface area contributed by atoms with Gasteiger partial charge in [-0.3, -0.25) is 0 Å². The second-order valence-electron chi connectivity index (χ2n) is 6.29. The minimum absolute atomic E-state index is 0.949.